The van der Waals surface area contributed by atoms with Gasteiger partial charge in [-0.15, -0.1) is 0 Å². The van der Waals surface area contributed by atoms with Gasteiger partial charge in [0.25, 0.3) is 0 Å². The average molecular weight is 839 g/mol. The summed E-state index contributed by atoms with van der Waals surface area (Å²) in [7, 11) is 0. The summed E-state index contributed by atoms with van der Waals surface area (Å²) in [5.41, 5.74) is 13.9. The van der Waals surface area contributed by atoms with Crippen molar-refractivity contribution in [3.05, 3.63) is 231 Å². The molecule has 14 rings (SSSR count). The van der Waals surface area contributed by atoms with Crippen LogP contribution < -0.4 is 0 Å². The van der Waals surface area contributed by atoms with Crippen LogP contribution in [0.25, 0.3) is 137 Å². The van der Waals surface area contributed by atoms with Gasteiger partial charge >= 0.3 is 0 Å². The Balaban J connectivity index is 1.06. The van der Waals surface area contributed by atoms with Gasteiger partial charge in [0, 0.05) is 32.7 Å². The van der Waals surface area contributed by atoms with E-state index in [2.05, 4.69) is 223 Å². The number of furan rings is 1. The highest BCUT2D eigenvalue weighted by atomic mass is 16.3. The van der Waals surface area contributed by atoms with Crippen molar-refractivity contribution in [2.75, 3.05) is 0 Å². The molecule has 0 atom stereocenters. The van der Waals surface area contributed by atoms with E-state index in [0.717, 1.165) is 72.3 Å². The van der Waals surface area contributed by atoms with Crippen LogP contribution in [0.3, 0.4) is 0 Å². The van der Waals surface area contributed by atoms with Gasteiger partial charge < -0.3 is 8.98 Å². The summed E-state index contributed by atoms with van der Waals surface area (Å²) in [6, 6.07) is 83.6. The van der Waals surface area contributed by atoms with Crippen LogP contribution in [0.1, 0.15) is 0 Å². The largest absolute Gasteiger partial charge is 0.456 e. The molecule has 11 aromatic carbocycles. The number of aromatic nitrogens is 2. The van der Waals surface area contributed by atoms with Crippen LogP contribution in [0.15, 0.2) is 235 Å². The maximum atomic E-state index is 6.35. The standard InChI is InChI=1S/C63H38N2O/c1-3-15-40(16-4-1)58-35-45(36-59(64-58)41-17-5-2-6-18-41)65-60-31-28-44(47-24-13-19-39-14-7-8-20-46(39)47)33-56(60)57-37-54-49-22-10-9-21-48(49)53-32-42(26-29-50(53)55(54)38-61(57)65)43-27-30-52-51-23-11-12-25-62(51)66-63(52)34-43/h1-38H. The van der Waals surface area contributed by atoms with Crippen LogP contribution in [0.4, 0.5) is 0 Å². The Hall–Kier alpha value is -8.79. The van der Waals surface area contributed by atoms with Gasteiger partial charge in [-0.1, -0.05) is 170 Å². The van der Waals surface area contributed by atoms with E-state index in [9.17, 15) is 0 Å². The molecule has 0 aliphatic rings. The third-order valence-corrected chi connectivity index (χ3v) is 13.7. The highest BCUT2D eigenvalue weighted by molar-refractivity contribution is 6.29. The molecule has 0 saturated heterocycles. The normalized spacial score (nSPS) is 11.9. The van der Waals surface area contributed by atoms with Crippen LogP contribution in [0.5, 0.6) is 0 Å². The Morgan fingerprint density at radius 1 is 0.288 bits per heavy atom. The maximum absolute atomic E-state index is 6.35. The molecule has 0 bridgehead atoms. The van der Waals surface area contributed by atoms with Crippen LogP contribution in [-0.4, -0.2) is 9.55 Å². The van der Waals surface area contributed by atoms with Gasteiger partial charge in [0.05, 0.1) is 28.1 Å². The van der Waals surface area contributed by atoms with E-state index in [1.54, 1.807) is 0 Å². The van der Waals surface area contributed by atoms with E-state index < -0.39 is 0 Å². The van der Waals surface area contributed by atoms with Crippen molar-refractivity contribution in [2.45, 2.75) is 0 Å². The quantitative estimate of drug-likeness (QED) is 0.162. The van der Waals surface area contributed by atoms with Gasteiger partial charge in [-0.05, 0) is 126 Å². The van der Waals surface area contributed by atoms with E-state index in [1.165, 1.54) is 65.0 Å². The number of hydrogen-bond acceptors (Lipinski definition) is 2. The molecule has 0 amide bonds. The smallest absolute Gasteiger partial charge is 0.136 e. The van der Waals surface area contributed by atoms with Crippen molar-refractivity contribution >= 4 is 86.8 Å². The van der Waals surface area contributed by atoms with Gasteiger partial charge in [-0.2, -0.15) is 0 Å². The third kappa shape index (κ3) is 5.67. The molecule has 0 aliphatic carbocycles. The lowest BCUT2D eigenvalue weighted by atomic mass is 9.91. The number of hydrogen-bond donors (Lipinski definition) is 0. The van der Waals surface area contributed by atoms with Crippen LogP contribution in [0.2, 0.25) is 0 Å². The summed E-state index contributed by atoms with van der Waals surface area (Å²) in [4.78, 5) is 5.29. The first-order valence-corrected chi connectivity index (χ1v) is 22.6. The SMILES string of the molecule is c1ccc(-c2cc(-n3c4ccc(-c5cccc6ccccc56)cc4c4cc5c6ccccc6c6cc(-c7ccc8c(c7)oc7ccccc78)ccc6c5cc43)cc(-c3ccccc3)n2)cc1. The van der Waals surface area contributed by atoms with Crippen LogP contribution in [0, 0.1) is 0 Å². The second-order valence-corrected chi connectivity index (χ2v) is 17.5. The molecule has 14 aromatic rings. The second-order valence-electron chi connectivity index (χ2n) is 17.5. The lowest BCUT2D eigenvalue weighted by molar-refractivity contribution is 0.669. The van der Waals surface area contributed by atoms with E-state index >= 15 is 0 Å². The van der Waals surface area contributed by atoms with Gasteiger partial charge in [-0.25, -0.2) is 4.98 Å². The molecule has 3 heterocycles. The summed E-state index contributed by atoms with van der Waals surface area (Å²) >= 11 is 0. The van der Waals surface area contributed by atoms with Gasteiger partial charge in [-0.3, -0.25) is 0 Å². The Kier molecular flexibility index (Phi) is 7.98. The highest BCUT2D eigenvalue weighted by Gasteiger charge is 2.20. The average Bonchev–Trinajstić information content (AvgIpc) is 3.93. The molecule has 0 N–H and O–H groups in total. The monoisotopic (exact) mass is 838 g/mol. The fourth-order valence-electron chi connectivity index (χ4n) is 10.6. The molecule has 0 saturated carbocycles. The molecule has 0 spiro atoms. The predicted molar refractivity (Wildman–Crippen MR) is 278 cm³/mol. The highest BCUT2D eigenvalue weighted by Crippen LogP contribution is 2.44. The first kappa shape index (κ1) is 36.7. The van der Waals surface area contributed by atoms with Crippen molar-refractivity contribution in [1.29, 1.82) is 0 Å². The fraction of sp³-hybridized carbons (Fsp3) is 0. The maximum Gasteiger partial charge on any atom is 0.136 e. The topological polar surface area (TPSA) is 31.0 Å². The second kappa shape index (κ2) is 14.4. The van der Waals surface area contributed by atoms with Crippen molar-refractivity contribution in [3.8, 4) is 50.5 Å². The lowest BCUT2D eigenvalue weighted by Gasteiger charge is -2.15. The lowest BCUT2D eigenvalue weighted by Crippen LogP contribution is -1.98. The van der Waals surface area contributed by atoms with Crippen molar-refractivity contribution < 1.29 is 4.42 Å². The number of rotatable bonds is 5. The summed E-state index contributed by atoms with van der Waals surface area (Å²) < 4.78 is 8.82. The minimum absolute atomic E-state index is 0.901. The summed E-state index contributed by atoms with van der Waals surface area (Å²) in [6.45, 7) is 0. The van der Waals surface area contributed by atoms with Gasteiger partial charge in [0.2, 0.25) is 0 Å². The molecular formula is C63H38N2O. The molecule has 66 heavy (non-hydrogen) atoms. The van der Waals surface area contributed by atoms with Crippen LogP contribution in [-0.2, 0) is 0 Å². The van der Waals surface area contributed by atoms with Gasteiger partial charge in [0.15, 0.2) is 0 Å². The Labute approximate surface area is 380 Å². The predicted octanol–water partition coefficient (Wildman–Crippen LogP) is 17.4. The zero-order valence-electron chi connectivity index (χ0n) is 35.7. The molecule has 3 nitrogen and oxygen atoms in total. The van der Waals surface area contributed by atoms with Crippen molar-refractivity contribution in [1.82, 2.24) is 9.55 Å². The van der Waals surface area contributed by atoms with E-state index in [-0.39, 0.29) is 0 Å². The molecule has 0 aliphatic heterocycles. The molecule has 0 radical (unpaired) electrons. The molecule has 3 heteroatoms. The van der Waals surface area contributed by atoms with Gasteiger partial charge in [0.1, 0.15) is 11.2 Å². The number of fused-ring (bicyclic) bond motifs is 13. The minimum Gasteiger partial charge on any atom is -0.456 e. The summed E-state index contributed by atoms with van der Waals surface area (Å²) in [5.74, 6) is 0. The molecule has 0 unspecified atom stereocenters. The van der Waals surface area contributed by atoms with E-state index in [4.69, 9.17) is 9.40 Å². The summed E-state index contributed by atoms with van der Waals surface area (Å²) in [5, 5.41) is 14.5. The number of nitrogens with zero attached hydrogens (tertiary/aromatic N) is 2. The molecule has 0 fully saturated rings. The zero-order valence-corrected chi connectivity index (χ0v) is 35.7. The van der Waals surface area contributed by atoms with Crippen molar-refractivity contribution in [3.63, 3.8) is 0 Å². The molecule has 3 aromatic heterocycles. The van der Waals surface area contributed by atoms with E-state index in [1.807, 2.05) is 12.1 Å². The molecule has 306 valence electrons. The Morgan fingerprint density at radius 2 is 0.818 bits per heavy atom. The first-order valence-electron chi connectivity index (χ1n) is 22.6. The Morgan fingerprint density at radius 3 is 1.58 bits per heavy atom. The fourth-order valence-corrected chi connectivity index (χ4v) is 10.6. The number of benzene rings is 11. The number of para-hydroxylation sites is 1. The summed E-state index contributed by atoms with van der Waals surface area (Å²) in [6.07, 6.45) is 0. The first-order chi connectivity index (χ1) is 32.7. The third-order valence-electron chi connectivity index (χ3n) is 13.7. The van der Waals surface area contributed by atoms with Crippen LogP contribution >= 0.6 is 0 Å². The van der Waals surface area contributed by atoms with Crippen molar-refractivity contribution in [2.24, 2.45) is 0 Å². The molecular weight excluding hydrogens is 801 g/mol. The Bertz CT molecular complexity index is 4210. The zero-order chi connectivity index (χ0) is 43.3. The minimum atomic E-state index is 0.901. The number of pyridine rings is 1. The van der Waals surface area contributed by atoms with E-state index in [0.29, 0.717) is 0 Å².